The molecule has 7 heteroatoms. The van der Waals surface area contributed by atoms with Crippen LogP contribution >= 0.6 is 0 Å². The molecule has 2 aromatic rings. The molecule has 1 N–H and O–H groups in total. The highest BCUT2D eigenvalue weighted by molar-refractivity contribution is 7.89. The molecular formula is C17H24N2O4S. The summed E-state index contributed by atoms with van der Waals surface area (Å²) in [6, 6.07) is 3.39. The first-order chi connectivity index (χ1) is 11.3. The van der Waals surface area contributed by atoms with E-state index in [-0.39, 0.29) is 4.90 Å². The molecule has 1 aromatic heterocycles. The van der Waals surface area contributed by atoms with Crippen molar-refractivity contribution < 1.29 is 17.7 Å². The van der Waals surface area contributed by atoms with Gasteiger partial charge in [-0.1, -0.05) is 5.16 Å². The van der Waals surface area contributed by atoms with Crippen LogP contribution in [0.4, 0.5) is 0 Å². The van der Waals surface area contributed by atoms with E-state index < -0.39 is 10.0 Å². The summed E-state index contributed by atoms with van der Waals surface area (Å²) in [6.07, 6.45) is 1.38. The molecule has 0 fully saturated rings. The Morgan fingerprint density at radius 1 is 1.17 bits per heavy atom. The molecule has 0 aliphatic rings. The molecule has 0 saturated carbocycles. The zero-order valence-electron chi connectivity index (χ0n) is 14.8. The predicted molar refractivity (Wildman–Crippen MR) is 92.0 cm³/mol. The molecule has 1 aromatic carbocycles. The van der Waals surface area contributed by atoms with Crippen LogP contribution in [-0.2, 0) is 16.4 Å². The average Bonchev–Trinajstić information content (AvgIpc) is 2.85. The molecule has 132 valence electrons. The number of nitrogens with zero attached hydrogens (tertiary/aromatic N) is 1. The Labute approximate surface area is 143 Å². The van der Waals surface area contributed by atoms with Gasteiger partial charge in [-0.25, -0.2) is 13.1 Å². The zero-order chi connectivity index (χ0) is 17.9. The van der Waals surface area contributed by atoms with Gasteiger partial charge in [-0.2, -0.15) is 0 Å². The Morgan fingerprint density at radius 3 is 2.42 bits per heavy atom. The summed E-state index contributed by atoms with van der Waals surface area (Å²) in [5.41, 5.74) is 3.79. The maximum absolute atomic E-state index is 12.5. The van der Waals surface area contributed by atoms with E-state index in [1.165, 1.54) is 7.11 Å². The third-order valence-corrected chi connectivity index (χ3v) is 5.63. The van der Waals surface area contributed by atoms with E-state index in [0.717, 1.165) is 28.1 Å². The van der Waals surface area contributed by atoms with Crippen molar-refractivity contribution >= 4 is 10.0 Å². The largest absolute Gasteiger partial charge is 0.495 e. The van der Waals surface area contributed by atoms with Gasteiger partial charge in [0.05, 0.1) is 12.8 Å². The normalized spacial score (nSPS) is 11.7. The lowest BCUT2D eigenvalue weighted by molar-refractivity contribution is 0.392. The third-order valence-electron chi connectivity index (χ3n) is 4.15. The highest BCUT2D eigenvalue weighted by Crippen LogP contribution is 2.27. The molecule has 24 heavy (non-hydrogen) atoms. The third kappa shape index (κ3) is 3.96. The summed E-state index contributed by atoms with van der Waals surface area (Å²) in [5.74, 6) is 1.14. The number of hydrogen-bond donors (Lipinski definition) is 1. The second-order valence-corrected chi connectivity index (χ2v) is 7.63. The molecule has 0 aliphatic carbocycles. The number of aryl methyl sites for hydroxylation is 4. The fraction of sp³-hybridized carbons (Fsp3) is 0.471. The monoisotopic (exact) mass is 352 g/mol. The van der Waals surface area contributed by atoms with Crippen molar-refractivity contribution in [1.82, 2.24) is 9.88 Å². The minimum Gasteiger partial charge on any atom is -0.495 e. The van der Waals surface area contributed by atoms with Gasteiger partial charge in [0, 0.05) is 12.1 Å². The Hall–Kier alpha value is -1.86. The molecule has 0 spiro atoms. The van der Waals surface area contributed by atoms with Gasteiger partial charge in [0.1, 0.15) is 16.4 Å². The van der Waals surface area contributed by atoms with Gasteiger partial charge >= 0.3 is 0 Å². The number of benzene rings is 1. The van der Waals surface area contributed by atoms with Gasteiger partial charge in [-0.3, -0.25) is 0 Å². The van der Waals surface area contributed by atoms with E-state index >= 15 is 0 Å². The van der Waals surface area contributed by atoms with Crippen LogP contribution in [0.5, 0.6) is 5.75 Å². The summed E-state index contributed by atoms with van der Waals surface area (Å²) < 4.78 is 38.1. The van der Waals surface area contributed by atoms with Crippen molar-refractivity contribution in [3.63, 3.8) is 0 Å². The molecule has 0 atom stereocenters. The first-order valence-electron chi connectivity index (χ1n) is 7.83. The first-order valence-corrected chi connectivity index (χ1v) is 9.31. The van der Waals surface area contributed by atoms with Crippen molar-refractivity contribution in [3.05, 3.63) is 40.3 Å². The van der Waals surface area contributed by atoms with Crippen LogP contribution in [0.3, 0.4) is 0 Å². The number of ether oxygens (including phenoxy) is 1. The molecule has 1 heterocycles. The fourth-order valence-electron chi connectivity index (χ4n) is 2.54. The second kappa shape index (κ2) is 7.36. The van der Waals surface area contributed by atoms with E-state index in [1.807, 2.05) is 27.7 Å². The Balaban J connectivity index is 2.05. The lowest BCUT2D eigenvalue weighted by Gasteiger charge is -2.13. The summed E-state index contributed by atoms with van der Waals surface area (Å²) in [4.78, 5) is 0.172. The Morgan fingerprint density at radius 2 is 1.83 bits per heavy atom. The van der Waals surface area contributed by atoms with E-state index in [1.54, 1.807) is 12.1 Å². The van der Waals surface area contributed by atoms with E-state index in [2.05, 4.69) is 9.88 Å². The van der Waals surface area contributed by atoms with Crippen molar-refractivity contribution in [2.45, 2.75) is 45.4 Å². The minimum atomic E-state index is -3.62. The molecule has 0 radical (unpaired) electrons. The average molecular weight is 352 g/mol. The van der Waals surface area contributed by atoms with Gasteiger partial charge in [-0.05, 0) is 63.8 Å². The molecule has 2 rings (SSSR count). The molecule has 0 bridgehead atoms. The van der Waals surface area contributed by atoms with Crippen LogP contribution in [0.25, 0.3) is 0 Å². The fourth-order valence-corrected chi connectivity index (χ4v) is 3.85. The van der Waals surface area contributed by atoms with Gasteiger partial charge < -0.3 is 9.26 Å². The van der Waals surface area contributed by atoms with Gasteiger partial charge in [0.2, 0.25) is 10.0 Å². The number of rotatable bonds is 7. The van der Waals surface area contributed by atoms with Crippen molar-refractivity contribution in [3.8, 4) is 5.75 Å². The second-order valence-electron chi connectivity index (χ2n) is 5.89. The number of aromatic nitrogens is 1. The van der Waals surface area contributed by atoms with Crippen molar-refractivity contribution in [2.75, 3.05) is 13.7 Å². The summed E-state index contributed by atoms with van der Waals surface area (Å²) in [6.45, 7) is 7.88. The maximum atomic E-state index is 12.5. The molecule has 0 amide bonds. The zero-order valence-corrected chi connectivity index (χ0v) is 15.6. The van der Waals surface area contributed by atoms with Crippen LogP contribution in [0.2, 0.25) is 0 Å². The predicted octanol–water partition coefficient (Wildman–Crippen LogP) is 2.83. The summed E-state index contributed by atoms with van der Waals surface area (Å²) in [7, 11) is -2.14. The van der Waals surface area contributed by atoms with Gasteiger partial charge in [0.15, 0.2) is 0 Å². The van der Waals surface area contributed by atoms with Crippen LogP contribution < -0.4 is 9.46 Å². The highest BCUT2D eigenvalue weighted by Gasteiger charge is 2.20. The first kappa shape index (κ1) is 18.5. The number of nitrogens with one attached hydrogen (secondary N) is 1. The smallest absolute Gasteiger partial charge is 0.244 e. The van der Waals surface area contributed by atoms with E-state index in [0.29, 0.717) is 25.1 Å². The van der Waals surface area contributed by atoms with Crippen LogP contribution in [-0.4, -0.2) is 27.2 Å². The minimum absolute atomic E-state index is 0.172. The number of hydrogen-bond acceptors (Lipinski definition) is 5. The molecule has 6 nitrogen and oxygen atoms in total. The van der Waals surface area contributed by atoms with Crippen LogP contribution in [0.1, 0.15) is 34.6 Å². The number of sulfonamides is 1. The van der Waals surface area contributed by atoms with Gasteiger partial charge in [-0.15, -0.1) is 0 Å². The van der Waals surface area contributed by atoms with E-state index in [9.17, 15) is 8.42 Å². The molecule has 0 aliphatic heterocycles. The lowest BCUT2D eigenvalue weighted by atomic mass is 10.1. The van der Waals surface area contributed by atoms with Crippen molar-refractivity contribution in [1.29, 1.82) is 0 Å². The van der Waals surface area contributed by atoms with Crippen molar-refractivity contribution in [2.24, 2.45) is 0 Å². The number of methoxy groups -OCH3 is 1. The lowest BCUT2D eigenvalue weighted by Crippen LogP contribution is -2.25. The Bertz CT molecular complexity index is 806. The van der Waals surface area contributed by atoms with Crippen LogP contribution in [0.15, 0.2) is 21.6 Å². The maximum Gasteiger partial charge on any atom is 0.244 e. The summed E-state index contributed by atoms with van der Waals surface area (Å²) in [5, 5.41) is 3.90. The molecule has 0 saturated heterocycles. The van der Waals surface area contributed by atoms with Gasteiger partial charge in [0.25, 0.3) is 0 Å². The highest BCUT2D eigenvalue weighted by atomic mass is 32.2. The summed E-state index contributed by atoms with van der Waals surface area (Å²) >= 11 is 0. The molecule has 0 unspecified atom stereocenters. The SMILES string of the molecule is COc1cc(C)c(C)cc1S(=O)(=O)NCCCc1c(C)noc1C. The molecular weight excluding hydrogens is 328 g/mol. The standard InChI is InChI=1S/C17H24N2O4S/c1-11-9-16(22-5)17(10-12(11)2)24(20,21)18-8-6-7-15-13(3)19-23-14(15)4/h9-10,18H,6-8H2,1-5H3. The topological polar surface area (TPSA) is 81.4 Å². The Kier molecular flexibility index (Phi) is 5.66. The van der Waals surface area contributed by atoms with E-state index in [4.69, 9.17) is 9.26 Å². The van der Waals surface area contributed by atoms with Crippen LogP contribution in [0, 0.1) is 27.7 Å². The quantitative estimate of drug-likeness (QED) is 0.775.